The van der Waals surface area contributed by atoms with Gasteiger partial charge < -0.3 is 10.1 Å². The maximum absolute atomic E-state index is 5.45. The standard InChI is InChI=1S/C13H18N2O/c1-15-7-6-14-13-9-4-3-5-12(16-2)10(9)8-11(13)15/h3-5,11,13-14H,6-8H2,1-2H3. The summed E-state index contributed by atoms with van der Waals surface area (Å²) < 4.78 is 5.45. The van der Waals surface area contributed by atoms with Gasteiger partial charge in [-0.1, -0.05) is 12.1 Å². The van der Waals surface area contributed by atoms with E-state index in [1.54, 1.807) is 7.11 Å². The van der Waals surface area contributed by atoms with Gasteiger partial charge in [0.1, 0.15) is 5.75 Å². The van der Waals surface area contributed by atoms with Crippen molar-refractivity contribution in [1.82, 2.24) is 10.2 Å². The van der Waals surface area contributed by atoms with E-state index >= 15 is 0 Å². The highest BCUT2D eigenvalue weighted by molar-refractivity contribution is 5.47. The summed E-state index contributed by atoms with van der Waals surface area (Å²) in [4.78, 5) is 2.46. The molecule has 1 heterocycles. The Balaban J connectivity index is 2.02. The van der Waals surface area contributed by atoms with Crippen molar-refractivity contribution < 1.29 is 4.74 Å². The number of fused-ring (bicyclic) bond motifs is 3. The summed E-state index contributed by atoms with van der Waals surface area (Å²) in [6.45, 7) is 2.21. The molecule has 3 heteroatoms. The molecule has 0 bridgehead atoms. The van der Waals surface area contributed by atoms with Gasteiger partial charge in [-0.15, -0.1) is 0 Å². The smallest absolute Gasteiger partial charge is 0.122 e. The molecule has 0 radical (unpaired) electrons. The summed E-state index contributed by atoms with van der Waals surface area (Å²) in [5.41, 5.74) is 2.82. The number of benzene rings is 1. The van der Waals surface area contributed by atoms with Gasteiger partial charge >= 0.3 is 0 Å². The normalized spacial score (nSPS) is 28.6. The minimum absolute atomic E-state index is 0.490. The number of likely N-dealkylation sites (N-methyl/N-ethyl adjacent to an activating group) is 1. The van der Waals surface area contributed by atoms with E-state index < -0.39 is 0 Å². The fourth-order valence-corrected chi connectivity index (χ4v) is 3.04. The Morgan fingerprint density at radius 2 is 2.31 bits per heavy atom. The zero-order chi connectivity index (χ0) is 11.1. The van der Waals surface area contributed by atoms with Gasteiger partial charge in [-0.2, -0.15) is 0 Å². The first kappa shape index (κ1) is 10.1. The molecule has 1 aromatic carbocycles. The van der Waals surface area contributed by atoms with Crippen molar-refractivity contribution >= 4 is 0 Å². The molecule has 1 saturated heterocycles. The first-order valence-corrected chi connectivity index (χ1v) is 5.90. The molecule has 1 fully saturated rings. The summed E-state index contributed by atoms with van der Waals surface area (Å²) in [6.07, 6.45) is 1.10. The van der Waals surface area contributed by atoms with Gasteiger partial charge in [0.15, 0.2) is 0 Å². The molecule has 0 amide bonds. The van der Waals surface area contributed by atoms with Gasteiger partial charge in [-0.05, 0) is 25.1 Å². The van der Waals surface area contributed by atoms with E-state index in [-0.39, 0.29) is 0 Å². The molecule has 0 saturated carbocycles. The molecule has 3 rings (SSSR count). The van der Waals surface area contributed by atoms with E-state index in [1.165, 1.54) is 11.1 Å². The first-order chi connectivity index (χ1) is 7.81. The molecule has 16 heavy (non-hydrogen) atoms. The monoisotopic (exact) mass is 218 g/mol. The van der Waals surface area contributed by atoms with Crippen LogP contribution in [0.2, 0.25) is 0 Å². The van der Waals surface area contributed by atoms with Crippen LogP contribution in [0.3, 0.4) is 0 Å². The number of hydrogen-bond donors (Lipinski definition) is 1. The summed E-state index contributed by atoms with van der Waals surface area (Å²) in [5, 5.41) is 3.62. The van der Waals surface area contributed by atoms with Crippen molar-refractivity contribution in [3.63, 3.8) is 0 Å². The van der Waals surface area contributed by atoms with Crippen molar-refractivity contribution in [2.75, 3.05) is 27.2 Å². The molecular formula is C13H18N2O. The maximum Gasteiger partial charge on any atom is 0.122 e. The first-order valence-electron chi connectivity index (χ1n) is 5.90. The SMILES string of the molecule is COc1cccc2c1CC1C2NCCN1C. The van der Waals surface area contributed by atoms with Gasteiger partial charge in [0.05, 0.1) is 7.11 Å². The highest BCUT2D eigenvalue weighted by atomic mass is 16.5. The summed E-state index contributed by atoms with van der Waals surface area (Å²) in [6, 6.07) is 7.48. The Morgan fingerprint density at radius 3 is 3.12 bits per heavy atom. The van der Waals surface area contributed by atoms with Gasteiger partial charge in [0.25, 0.3) is 0 Å². The van der Waals surface area contributed by atoms with Crippen molar-refractivity contribution in [3.8, 4) is 5.75 Å². The topological polar surface area (TPSA) is 24.5 Å². The minimum Gasteiger partial charge on any atom is -0.496 e. The molecule has 86 valence electrons. The van der Waals surface area contributed by atoms with Gasteiger partial charge in [-0.3, -0.25) is 4.90 Å². The average molecular weight is 218 g/mol. The number of ether oxygens (including phenoxy) is 1. The van der Waals surface area contributed by atoms with Gasteiger partial charge in [-0.25, -0.2) is 0 Å². The molecular weight excluding hydrogens is 200 g/mol. The van der Waals surface area contributed by atoms with Crippen molar-refractivity contribution in [2.24, 2.45) is 0 Å². The van der Waals surface area contributed by atoms with Crippen LogP contribution in [0.5, 0.6) is 5.75 Å². The van der Waals surface area contributed by atoms with Gasteiger partial charge in [0.2, 0.25) is 0 Å². The summed E-state index contributed by atoms with van der Waals surface area (Å²) in [5.74, 6) is 1.04. The Hall–Kier alpha value is -1.06. The largest absolute Gasteiger partial charge is 0.496 e. The molecule has 1 aliphatic heterocycles. The predicted octanol–water partition coefficient (Wildman–Crippen LogP) is 1.20. The molecule has 1 N–H and O–H groups in total. The highest BCUT2D eigenvalue weighted by Gasteiger charge is 2.38. The molecule has 0 aromatic heterocycles. The van der Waals surface area contributed by atoms with Crippen LogP contribution in [-0.4, -0.2) is 38.2 Å². The fraction of sp³-hybridized carbons (Fsp3) is 0.538. The van der Waals surface area contributed by atoms with E-state index in [0.717, 1.165) is 25.3 Å². The van der Waals surface area contributed by atoms with E-state index in [2.05, 4.69) is 35.5 Å². The molecule has 2 atom stereocenters. The molecule has 2 aliphatic rings. The van der Waals surface area contributed by atoms with Crippen molar-refractivity contribution in [3.05, 3.63) is 29.3 Å². The molecule has 2 unspecified atom stereocenters. The van der Waals surface area contributed by atoms with E-state index in [9.17, 15) is 0 Å². The second-order valence-electron chi connectivity index (χ2n) is 4.71. The zero-order valence-electron chi connectivity index (χ0n) is 9.86. The Labute approximate surface area is 96.4 Å². The van der Waals surface area contributed by atoms with Crippen LogP contribution < -0.4 is 10.1 Å². The van der Waals surface area contributed by atoms with Gasteiger partial charge in [0, 0.05) is 30.7 Å². The van der Waals surface area contributed by atoms with Crippen molar-refractivity contribution in [2.45, 2.75) is 18.5 Å². The lowest BCUT2D eigenvalue weighted by molar-refractivity contribution is 0.163. The van der Waals surface area contributed by atoms with Crippen LogP contribution in [0, 0.1) is 0 Å². The van der Waals surface area contributed by atoms with Crippen LogP contribution in [0.25, 0.3) is 0 Å². The molecule has 0 spiro atoms. The number of rotatable bonds is 1. The van der Waals surface area contributed by atoms with E-state index in [4.69, 9.17) is 4.74 Å². The number of piperazine rings is 1. The lowest BCUT2D eigenvalue weighted by Crippen LogP contribution is -2.49. The number of nitrogens with one attached hydrogen (secondary N) is 1. The number of hydrogen-bond acceptors (Lipinski definition) is 3. The third-order valence-electron chi connectivity index (χ3n) is 3.92. The highest BCUT2D eigenvalue weighted by Crippen LogP contribution is 2.39. The lowest BCUT2D eigenvalue weighted by Gasteiger charge is -2.35. The van der Waals surface area contributed by atoms with Crippen LogP contribution in [-0.2, 0) is 6.42 Å². The zero-order valence-corrected chi connectivity index (χ0v) is 9.86. The van der Waals surface area contributed by atoms with E-state index in [1.807, 2.05) is 0 Å². The van der Waals surface area contributed by atoms with Crippen LogP contribution in [0.4, 0.5) is 0 Å². The van der Waals surface area contributed by atoms with E-state index in [0.29, 0.717) is 12.1 Å². The van der Waals surface area contributed by atoms with Crippen LogP contribution >= 0.6 is 0 Å². The maximum atomic E-state index is 5.45. The predicted molar refractivity (Wildman–Crippen MR) is 63.9 cm³/mol. The molecule has 1 aliphatic carbocycles. The number of nitrogens with zero attached hydrogens (tertiary/aromatic N) is 1. The lowest BCUT2D eigenvalue weighted by atomic mass is 10.0. The van der Waals surface area contributed by atoms with Crippen LogP contribution in [0.15, 0.2) is 18.2 Å². The second kappa shape index (κ2) is 3.75. The Morgan fingerprint density at radius 1 is 1.44 bits per heavy atom. The molecule has 3 nitrogen and oxygen atoms in total. The summed E-state index contributed by atoms with van der Waals surface area (Å²) >= 11 is 0. The third-order valence-corrected chi connectivity index (χ3v) is 3.92. The quantitative estimate of drug-likeness (QED) is 0.766. The third kappa shape index (κ3) is 1.35. The summed E-state index contributed by atoms with van der Waals surface area (Å²) in [7, 11) is 3.98. The second-order valence-corrected chi connectivity index (χ2v) is 4.71. The number of methoxy groups -OCH3 is 1. The molecule has 1 aromatic rings. The minimum atomic E-state index is 0.490. The Kier molecular flexibility index (Phi) is 2.37. The average Bonchev–Trinajstić information content (AvgIpc) is 2.69. The van der Waals surface area contributed by atoms with Crippen molar-refractivity contribution in [1.29, 1.82) is 0 Å². The van der Waals surface area contributed by atoms with Crippen LogP contribution in [0.1, 0.15) is 17.2 Å². The fourth-order valence-electron chi connectivity index (χ4n) is 3.04. The Bertz CT molecular complexity index is 405.